The van der Waals surface area contributed by atoms with Crippen molar-refractivity contribution in [2.45, 2.75) is 51.7 Å². The second-order valence-electron chi connectivity index (χ2n) is 2.89. The van der Waals surface area contributed by atoms with Crippen LogP contribution in [0, 0.1) is 0 Å². The number of carbonyl (C=O) groups excluding carboxylic acids is 1. The molecule has 0 fully saturated rings. The summed E-state index contributed by atoms with van der Waals surface area (Å²) in [5.74, 6) is 0. The van der Waals surface area contributed by atoms with E-state index in [1.165, 1.54) is 19.3 Å². The third kappa shape index (κ3) is 7.54. The molecule has 0 aliphatic heterocycles. The molecule has 1 N–H and O–H groups in total. The van der Waals surface area contributed by atoms with Gasteiger partial charge in [0.1, 0.15) is 0 Å². The fraction of sp³-hybridized carbons (Fsp3) is 0.889. The van der Waals surface area contributed by atoms with Crippen LogP contribution in [0.15, 0.2) is 0 Å². The first-order valence-corrected chi connectivity index (χ1v) is 4.58. The van der Waals surface area contributed by atoms with E-state index in [1.807, 2.05) is 0 Å². The number of rotatable bonds is 8. The van der Waals surface area contributed by atoms with Gasteiger partial charge < -0.3 is 9.84 Å². The Morgan fingerprint density at radius 2 is 2.00 bits per heavy atom. The van der Waals surface area contributed by atoms with Gasteiger partial charge in [0.2, 0.25) is 0 Å². The van der Waals surface area contributed by atoms with Gasteiger partial charge in [-0.2, -0.15) is 0 Å². The standard InChI is InChI=1S/C9H18O3/c1-2-3-4-5-6-7-9(11)12-8-10/h8-9,11H,2-7H2,1H3. The maximum absolute atomic E-state index is 9.77. The first-order chi connectivity index (χ1) is 5.81. The molecule has 1 unspecified atom stereocenters. The van der Waals surface area contributed by atoms with Crippen LogP contribution in [0.2, 0.25) is 0 Å². The molecule has 0 amide bonds. The van der Waals surface area contributed by atoms with Crippen molar-refractivity contribution >= 4 is 6.47 Å². The van der Waals surface area contributed by atoms with Crippen LogP contribution in [0.4, 0.5) is 0 Å². The van der Waals surface area contributed by atoms with E-state index in [-0.39, 0.29) is 6.47 Å². The zero-order valence-corrected chi connectivity index (χ0v) is 7.66. The van der Waals surface area contributed by atoms with E-state index in [9.17, 15) is 4.79 Å². The van der Waals surface area contributed by atoms with Crippen molar-refractivity contribution < 1.29 is 14.6 Å². The highest BCUT2D eigenvalue weighted by molar-refractivity contribution is 5.37. The van der Waals surface area contributed by atoms with E-state index in [0.717, 1.165) is 12.8 Å². The molecule has 12 heavy (non-hydrogen) atoms. The summed E-state index contributed by atoms with van der Waals surface area (Å²) in [6, 6.07) is 0. The molecule has 0 spiro atoms. The van der Waals surface area contributed by atoms with Gasteiger partial charge in [-0.1, -0.05) is 32.6 Å². The smallest absolute Gasteiger partial charge is 0.295 e. The molecule has 0 rings (SSSR count). The van der Waals surface area contributed by atoms with Gasteiger partial charge in [-0.25, -0.2) is 0 Å². The SMILES string of the molecule is CCCCCCCC(O)OC=O. The summed E-state index contributed by atoms with van der Waals surface area (Å²) in [6.07, 6.45) is 5.34. The zero-order valence-electron chi connectivity index (χ0n) is 7.66. The van der Waals surface area contributed by atoms with E-state index in [1.54, 1.807) is 0 Å². The van der Waals surface area contributed by atoms with Crippen LogP contribution in [0.25, 0.3) is 0 Å². The molecule has 0 aliphatic rings. The Bertz CT molecular complexity index is 104. The van der Waals surface area contributed by atoms with E-state index < -0.39 is 6.29 Å². The predicted molar refractivity (Wildman–Crippen MR) is 46.5 cm³/mol. The number of carbonyl (C=O) groups is 1. The molecule has 3 nitrogen and oxygen atoms in total. The van der Waals surface area contributed by atoms with Gasteiger partial charge in [0.25, 0.3) is 6.47 Å². The Morgan fingerprint density at radius 1 is 1.33 bits per heavy atom. The summed E-state index contributed by atoms with van der Waals surface area (Å²) in [5.41, 5.74) is 0. The average molecular weight is 174 g/mol. The molecule has 0 radical (unpaired) electrons. The summed E-state index contributed by atoms with van der Waals surface area (Å²) in [4.78, 5) is 9.77. The minimum absolute atomic E-state index is 0.288. The van der Waals surface area contributed by atoms with Crippen LogP contribution in [0.3, 0.4) is 0 Å². The first kappa shape index (κ1) is 11.4. The zero-order chi connectivity index (χ0) is 9.23. The quantitative estimate of drug-likeness (QED) is 0.347. The van der Waals surface area contributed by atoms with Crippen LogP contribution < -0.4 is 0 Å². The number of aliphatic hydroxyl groups excluding tert-OH is 1. The molecule has 0 aromatic rings. The van der Waals surface area contributed by atoms with Crippen LogP contribution in [-0.4, -0.2) is 17.9 Å². The largest absolute Gasteiger partial charge is 0.438 e. The second kappa shape index (κ2) is 8.53. The minimum Gasteiger partial charge on any atom is -0.438 e. The lowest BCUT2D eigenvalue weighted by atomic mass is 10.1. The maximum Gasteiger partial charge on any atom is 0.295 e. The monoisotopic (exact) mass is 174 g/mol. The van der Waals surface area contributed by atoms with Gasteiger partial charge in [-0.3, -0.25) is 4.79 Å². The maximum atomic E-state index is 9.77. The molecule has 0 bridgehead atoms. The van der Waals surface area contributed by atoms with Crippen molar-refractivity contribution in [1.29, 1.82) is 0 Å². The fourth-order valence-electron chi connectivity index (χ4n) is 1.05. The summed E-state index contributed by atoms with van der Waals surface area (Å²) in [5, 5.41) is 8.95. The Balaban J connectivity index is 3.02. The normalized spacial score (nSPS) is 12.5. The van der Waals surface area contributed by atoms with Crippen molar-refractivity contribution in [3.63, 3.8) is 0 Å². The molecular formula is C9H18O3. The van der Waals surface area contributed by atoms with Crippen molar-refractivity contribution in [1.82, 2.24) is 0 Å². The van der Waals surface area contributed by atoms with Crippen molar-refractivity contribution in [3.05, 3.63) is 0 Å². The molecule has 0 saturated heterocycles. The number of hydrogen-bond donors (Lipinski definition) is 1. The third-order valence-corrected chi connectivity index (χ3v) is 1.77. The number of hydrogen-bond acceptors (Lipinski definition) is 3. The molecule has 0 aromatic carbocycles. The van der Waals surface area contributed by atoms with Crippen LogP contribution >= 0.6 is 0 Å². The highest BCUT2D eigenvalue weighted by atomic mass is 16.6. The Kier molecular flexibility index (Phi) is 8.12. The third-order valence-electron chi connectivity index (χ3n) is 1.77. The highest BCUT2D eigenvalue weighted by Crippen LogP contribution is 2.07. The molecular weight excluding hydrogens is 156 g/mol. The summed E-state index contributed by atoms with van der Waals surface area (Å²) < 4.78 is 4.32. The topological polar surface area (TPSA) is 46.5 Å². The van der Waals surface area contributed by atoms with Gasteiger partial charge in [-0.05, 0) is 6.42 Å². The van der Waals surface area contributed by atoms with E-state index >= 15 is 0 Å². The summed E-state index contributed by atoms with van der Waals surface area (Å²) in [6.45, 7) is 2.45. The van der Waals surface area contributed by atoms with Crippen LogP contribution in [0.5, 0.6) is 0 Å². The number of unbranched alkanes of at least 4 members (excludes halogenated alkanes) is 4. The van der Waals surface area contributed by atoms with E-state index in [2.05, 4.69) is 11.7 Å². The van der Waals surface area contributed by atoms with Gasteiger partial charge in [0, 0.05) is 6.42 Å². The predicted octanol–water partition coefficient (Wildman–Crippen LogP) is 1.84. The van der Waals surface area contributed by atoms with Crippen LogP contribution in [-0.2, 0) is 9.53 Å². The Labute approximate surface area is 73.7 Å². The number of ether oxygens (including phenoxy) is 1. The second-order valence-corrected chi connectivity index (χ2v) is 2.89. The Hall–Kier alpha value is -0.570. The van der Waals surface area contributed by atoms with Crippen molar-refractivity contribution in [2.24, 2.45) is 0 Å². The first-order valence-electron chi connectivity index (χ1n) is 4.58. The molecule has 3 heteroatoms. The average Bonchev–Trinajstić information content (AvgIpc) is 2.05. The van der Waals surface area contributed by atoms with E-state index in [4.69, 9.17) is 5.11 Å². The van der Waals surface area contributed by atoms with Crippen LogP contribution in [0.1, 0.15) is 45.4 Å². The lowest BCUT2D eigenvalue weighted by Crippen LogP contribution is -2.09. The molecule has 0 aromatic heterocycles. The summed E-state index contributed by atoms with van der Waals surface area (Å²) >= 11 is 0. The summed E-state index contributed by atoms with van der Waals surface area (Å²) in [7, 11) is 0. The highest BCUT2D eigenvalue weighted by Gasteiger charge is 2.01. The fourth-order valence-corrected chi connectivity index (χ4v) is 1.05. The van der Waals surface area contributed by atoms with Gasteiger partial charge >= 0.3 is 0 Å². The van der Waals surface area contributed by atoms with Gasteiger partial charge in [0.05, 0.1) is 0 Å². The molecule has 1 atom stereocenters. The van der Waals surface area contributed by atoms with Crippen molar-refractivity contribution in [3.8, 4) is 0 Å². The molecule has 0 saturated carbocycles. The lowest BCUT2D eigenvalue weighted by molar-refractivity contribution is -0.152. The molecule has 0 aliphatic carbocycles. The van der Waals surface area contributed by atoms with Crippen molar-refractivity contribution in [2.75, 3.05) is 0 Å². The van der Waals surface area contributed by atoms with Gasteiger partial charge in [-0.15, -0.1) is 0 Å². The Morgan fingerprint density at radius 3 is 2.58 bits per heavy atom. The van der Waals surface area contributed by atoms with E-state index in [0.29, 0.717) is 6.42 Å². The van der Waals surface area contributed by atoms with Gasteiger partial charge in [0.15, 0.2) is 6.29 Å². The number of aliphatic hydroxyl groups is 1. The minimum atomic E-state index is -0.899. The lowest BCUT2D eigenvalue weighted by Gasteiger charge is -2.06. The molecule has 72 valence electrons. The molecule has 0 heterocycles.